The molecule has 0 aromatic heterocycles. The van der Waals surface area contributed by atoms with Gasteiger partial charge < -0.3 is 15.4 Å². The van der Waals surface area contributed by atoms with E-state index in [-0.39, 0.29) is 12.1 Å². The molecule has 0 spiro atoms. The van der Waals surface area contributed by atoms with Crippen molar-refractivity contribution in [3.8, 4) is 0 Å². The number of halogens is 1. The van der Waals surface area contributed by atoms with Gasteiger partial charge in [-0.1, -0.05) is 45.4 Å². The Morgan fingerprint density at radius 2 is 1.91 bits per heavy atom. The fourth-order valence-corrected chi connectivity index (χ4v) is 3.56. The maximum absolute atomic E-state index is 12.5. The van der Waals surface area contributed by atoms with E-state index in [0.717, 1.165) is 21.3 Å². The zero-order chi connectivity index (χ0) is 16.0. The second-order valence-electron chi connectivity index (χ2n) is 5.62. The molecule has 0 fully saturated rings. The van der Waals surface area contributed by atoms with E-state index < -0.39 is 0 Å². The third-order valence-electron chi connectivity index (χ3n) is 4.35. The van der Waals surface area contributed by atoms with Gasteiger partial charge in [0.25, 0.3) is 5.91 Å². The second-order valence-corrected chi connectivity index (χ2v) is 6.54. The van der Waals surface area contributed by atoms with Crippen molar-refractivity contribution in [2.45, 2.75) is 12.6 Å². The lowest BCUT2D eigenvalue weighted by atomic mass is 9.92. The van der Waals surface area contributed by atoms with Gasteiger partial charge in [0.1, 0.15) is 6.17 Å². The molecule has 23 heavy (non-hydrogen) atoms. The molecule has 2 aromatic rings. The van der Waals surface area contributed by atoms with Crippen molar-refractivity contribution in [1.82, 2.24) is 5.32 Å². The summed E-state index contributed by atoms with van der Waals surface area (Å²) in [6, 6.07) is 13.5. The maximum atomic E-state index is 12.5. The summed E-state index contributed by atoms with van der Waals surface area (Å²) in [5, 5.41) is 15.7. The van der Waals surface area contributed by atoms with E-state index in [0.29, 0.717) is 24.2 Å². The Labute approximate surface area is 141 Å². The monoisotopic (exact) mass is 371 g/mol. The summed E-state index contributed by atoms with van der Waals surface area (Å²) in [6.45, 7) is 0.685. The van der Waals surface area contributed by atoms with E-state index in [2.05, 4.69) is 31.3 Å². The van der Waals surface area contributed by atoms with Gasteiger partial charge >= 0.3 is 0 Å². The fourth-order valence-electron chi connectivity index (χ4n) is 3.29. The van der Waals surface area contributed by atoms with Gasteiger partial charge in [0, 0.05) is 23.0 Å². The number of carbonyl (C=O) groups is 1. The van der Waals surface area contributed by atoms with Gasteiger partial charge in [-0.15, -0.1) is 0 Å². The Hall–Kier alpha value is -2.34. The van der Waals surface area contributed by atoms with Crippen LogP contribution in [-0.4, -0.2) is 23.4 Å². The molecular formula is C17H14BrN3O2. The zero-order valence-electron chi connectivity index (χ0n) is 12.2. The van der Waals surface area contributed by atoms with Crippen LogP contribution in [0.15, 0.2) is 52.1 Å². The van der Waals surface area contributed by atoms with Gasteiger partial charge in [-0.3, -0.25) is 4.79 Å². The number of carbonyl (C=O) groups excluding carboxylic acids is 1. The minimum absolute atomic E-state index is 0.106. The molecule has 0 aliphatic carbocycles. The summed E-state index contributed by atoms with van der Waals surface area (Å²) in [4.78, 5) is 14.7. The molecule has 2 N–H and O–H groups in total. The first-order valence-corrected chi connectivity index (χ1v) is 8.15. The molecule has 4 rings (SSSR count). The van der Waals surface area contributed by atoms with Crippen LogP contribution in [0.1, 0.15) is 34.1 Å². The van der Waals surface area contributed by atoms with Crippen molar-refractivity contribution in [3.05, 3.63) is 63.6 Å². The third-order valence-corrected chi connectivity index (χ3v) is 4.88. The number of para-hydroxylation sites is 1. The number of nitrogens with zero attached hydrogens (tertiary/aromatic N) is 2. The summed E-state index contributed by atoms with van der Waals surface area (Å²) in [5.41, 5.74) is 3.95. The molecule has 1 atom stereocenters. The first-order valence-electron chi connectivity index (χ1n) is 7.36. The summed E-state index contributed by atoms with van der Waals surface area (Å²) in [6.07, 6.45) is 0.417. The van der Waals surface area contributed by atoms with E-state index in [4.69, 9.17) is 0 Å². The maximum Gasteiger partial charge on any atom is 0.255 e. The molecular weight excluding hydrogens is 358 g/mol. The third kappa shape index (κ3) is 2.21. The van der Waals surface area contributed by atoms with Gasteiger partial charge in [0.15, 0.2) is 0 Å². The van der Waals surface area contributed by atoms with Gasteiger partial charge in [-0.05, 0) is 23.8 Å². The molecule has 6 heteroatoms. The second kappa shape index (κ2) is 5.38. The molecule has 2 aliphatic rings. The highest BCUT2D eigenvalue weighted by atomic mass is 79.9. The summed E-state index contributed by atoms with van der Waals surface area (Å²) < 4.78 is 0.998. The Bertz CT molecular complexity index is 817. The number of anilines is 1. The van der Waals surface area contributed by atoms with Gasteiger partial charge in [0.2, 0.25) is 0 Å². The number of hydrogen-bond acceptors (Lipinski definition) is 4. The topological polar surface area (TPSA) is 64.9 Å². The quantitative estimate of drug-likeness (QED) is 0.597. The largest absolute Gasteiger partial charge is 0.411 e. The van der Waals surface area contributed by atoms with Crippen molar-refractivity contribution < 1.29 is 10.0 Å². The average Bonchev–Trinajstić information content (AvgIpc) is 2.58. The van der Waals surface area contributed by atoms with Crippen molar-refractivity contribution in [1.29, 1.82) is 0 Å². The molecule has 1 amide bonds. The SMILES string of the molecule is O=C1NC(c2ccc(Br)cc2)N2CCC(=NO)c3cccc1c32. The van der Waals surface area contributed by atoms with Crippen LogP contribution in [0.4, 0.5) is 5.69 Å². The fraction of sp³-hybridized carbons (Fsp3) is 0.176. The highest BCUT2D eigenvalue weighted by molar-refractivity contribution is 9.10. The molecule has 0 radical (unpaired) electrons. The number of hydrogen-bond donors (Lipinski definition) is 2. The molecule has 0 saturated heterocycles. The Balaban J connectivity index is 1.87. The van der Waals surface area contributed by atoms with Crippen LogP contribution in [0.3, 0.4) is 0 Å². The number of rotatable bonds is 1. The molecule has 116 valence electrons. The predicted molar refractivity (Wildman–Crippen MR) is 91.1 cm³/mol. The first kappa shape index (κ1) is 14.3. The smallest absolute Gasteiger partial charge is 0.255 e. The lowest BCUT2D eigenvalue weighted by Crippen LogP contribution is -2.49. The Morgan fingerprint density at radius 1 is 1.17 bits per heavy atom. The standard InChI is InChI=1S/C17H14BrN3O2/c18-11-6-4-10(5-7-11)16-19-17(22)13-3-1-2-12-14(20-23)8-9-21(16)15(12)13/h1-7,16,23H,8-9H2,(H,19,22). The zero-order valence-corrected chi connectivity index (χ0v) is 13.7. The van der Waals surface area contributed by atoms with Crippen LogP contribution in [0.5, 0.6) is 0 Å². The van der Waals surface area contributed by atoms with Gasteiger partial charge in [-0.25, -0.2) is 0 Å². The summed E-state index contributed by atoms with van der Waals surface area (Å²) in [7, 11) is 0. The minimum atomic E-state index is -0.218. The van der Waals surface area contributed by atoms with Crippen LogP contribution >= 0.6 is 15.9 Å². The Kier molecular flexibility index (Phi) is 3.34. The lowest BCUT2D eigenvalue weighted by molar-refractivity contribution is 0.0926. The number of nitrogens with one attached hydrogen (secondary N) is 1. The summed E-state index contributed by atoms with van der Waals surface area (Å²) >= 11 is 3.43. The molecule has 1 unspecified atom stereocenters. The highest BCUT2D eigenvalue weighted by Crippen LogP contribution is 2.39. The van der Waals surface area contributed by atoms with Gasteiger partial charge in [0.05, 0.1) is 17.0 Å². The van der Waals surface area contributed by atoms with Crippen molar-refractivity contribution in [2.75, 3.05) is 11.4 Å². The van der Waals surface area contributed by atoms with E-state index in [1.54, 1.807) is 6.07 Å². The molecule has 0 saturated carbocycles. The van der Waals surface area contributed by atoms with Crippen molar-refractivity contribution >= 4 is 33.2 Å². The van der Waals surface area contributed by atoms with Crippen molar-refractivity contribution in [3.63, 3.8) is 0 Å². The van der Waals surface area contributed by atoms with Crippen LogP contribution in [0, 0.1) is 0 Å². The molecule has 2 heterocycles. The Morgan fingerprint density at radius 3 is 2.65 bits per heavy atom. The molecule has 0 bridgehead atoms. The number of oxime groups is 1. The highest BCUT2D eigenvalue weighted by Gasteiger charge is 2.36. The molecule has 2 aromatic carbocycles. The minimum Gasteiger partial charge on any atom is -0.411 e. The van der Waals surface area contributed by atoms with Crippen molar-refractivity contribution in [2.24, 2.45) is 5.16 Å². The first-order chi connectivity index (χ1) is 11.2. The summed E-state index contributed by atoms with van der Waals surface area (Å²) in [5.74, 6) is -0.106. The van der Waals surface area contributed by atoms with Gasteiger partial charge in [-0.2, -0.15) is 0 Å². The van der Waals surface area contributed by atoms with E-state index in [9.17, 15) is 10.0 Å². The van der Waals surface area contributed by atoms with Crippen LogP contribution in [0.2, 0.25) is 0 Å². The van der Waals surface area contributed by atoms with Crippen LogP contribution in [0.25, 0.3) is 0 Å². The lowest BCUT2D eigenvalue weighted by Gasteiger charge is -2.42. The number of amides is 1. The van der Waals surface area contributed by atoms with Crippen LogP contribution in [-0.2, 0) is 0 Å². The predicted octanol–water partition coefficient (Wildman–Crippen LogP) is 3.28. The van der Waals surface area contributed by atoms with E-state index >= 15 is 0 Å². The van der Waals surface area contributed by atoms with E-state index in [1.807, 2.05) is 36.4 Å². The van der Waals surface area contributed by atoms with Crippen LogP contribution < -0.4 is 10.2 Å². The normalized spacial score (nSPS) is 21.1. The van der Waals surface area contributed by atoms with E-state index in [1.165, 1.54) is 0 Å². The number of benzene rings is 2. The average molecular weight is 372 g/mol. The molecule has 2 aliphatic heterocycles. The molecule has 5 nitrogen and oxygen atoms in total.